The second kappa shape index (κ2) is 6.23. The van der Waals surface area contributed by atoms with Crippen LogP contribution in [0.4, 0.5) is 0 Å². The molecule has 110 valence electrons. The zero-order valence-electron chi connectivity index (χ0n) is 12.7. The van der Waals surface area contributed by atoms with Crippen molar-refractivity contribution < 1.29 is 9.53 Å². The van der Waals surface area contributed by atoms with Crippen molar-refractivity contribution in [1.82, 2.24) is 10.2 Å². The molecule has 0 radical (unpaired) electrons. The number of hydrogen-bond acceptors (Lipinski definition) is 3. The first-order valence-electron chi connectivity index (χ1n) is 7.66. The molecule has 0 aromatic carbocycles. The molecule has 4 heteroatoms. The number of rotatable bonds is 4. The molecule has 1 N–H and O–H groups in total. The Kier molecular flexibility index (Phi) is 4.85. The Morgan fingerprint density at radius 3 is 2.63 bits per heavy atom. The van der Waals surface area contributed by atoms with E-state index in [2.05, 4.69) is 37.9 Å². The molecule has 0 bridgehead atoms. The fourth-order valence-electron chi connectivity index (χ4n) is 3.16. The highest BCUT2D eigenvalue weighted by Crippen LogP contribution is 2.26. The van der Waals surface area contributed by atoms with Gasteiger partial charge >= 0.3 is 0 Å². The number of nitrogens with one attached hydrogen (secondary N) is 1. The molecule has 2 aliphatic heterocycles. The predicted octanol–water partition coefficient (Wildman–Crippen LogP) is 1.99. The standard InChI is InChI=1S/C15H28N2O2/c1-10(2)8-13-16-14(11(3)4)15(18)17(13)12-6-5-7-19-9-12/h10-14,16H,5-9H2,1-4H3. The maximum Gasteiger partial charge on any atom is 0.241 e. The van der Waals surface area contributed by atoms with Gasteiger partial charge in [-0.15, -0.1) is 0 Å². The third-order valence-corrected chi connectivity index (χ3v) is 4.12. The summed E-state index contributed by atoms with van der Waals surface area (Å²) in [6.45, 7) is 10.2. The Balaban J connectivity index is 2.12. The minimum atomic E-state index is -0.0225. The molecule has 3 atom stereocenters. The van der Waals surface area contributed by atoms with Gasteiger partial charge in [0.2, 0.25) is 5.91 Å². The summed E-state index contributed by atoms with van der Waals surface area (Å²) in [7, 11) is 0. The average molecular weight is 268 g/mol. The Hall–Kier alpha value is -0.610. The van der Waals surface area contributed by atoms with E-state index in [9.17, 15) is 4.79 Å². The molecular formula is C15H28N2O2. The van der Waals surface area contributed by atoms with Crippen molar-refractivity contribution in [3.8, 4) is 0 Å². The summed E-state index contributed by atoms with van der Waals surface area (Å²) < 4.78 is 5.57. The van der Waals surface area contributed by atoms with Gasteiger partial charge in [0.1, 0.15) is 0 Å². The number of hydrogen-bond donors (Lipinski definition) is 1. The van der Waals surface area contributed by atoms with Crippen LogP contribution in [0.3, 0.4) is 0 Å². The maximum absolute atomic E-state index is 12.6. The first-order valence-corrected chi connectivity index (χ1v) is 7.66. The van der Waals surface area contributed by atoms with E-state index >= 15 is 0 Å². The lowest BCUT2D eigenvalue weighted by molar-refractivity contribution is -0.136. The summed E-state index contributed by atoms with van der Waals surface area (Å²) in [6.07, 6.45) is 3.35. The van der Waals surface area contributed by atoms with Gasteiger partial charge in [0, 0.05) is 6.61 Å². The lowest BCUT2D eigenvalue weighted by Gasteiger charge is -2.35. The highest BCUT2D eigenvalue weighted by atomic mass is 16.5. The molecule has 0 aromatic heterocycles. The van der Waals surface area contributed by atoms with Gasteiger partial charge in [-0.3, -0.25) is 10.1 Å². The van der Waals surface area contributed by atoms with Crippen LogP contribution in [-0.4, -0.2) is 42.3 Å². The third-order valence-electron chi connectivity index (χ3n) is 4.12. The first kappa shape index (κ1) is 14.8. The van der Waals surface area contributed by atoms with Crippen molar-refractivity contribution in [1.29, 1.82) is 0 Å². The fourth-order valence-corrected chi connectivity index (χ4v) is 3.16. The van der Waals surface area contributed by atoms with Gasteiger partial charge in [-0.25, -0.2) is 0 Å². The molecular weight excluding hydrogens is 240 g/mol. The van der Waals surface area contributed by atoms with E-state index in [1.165, 1.54) is 0 Å². The van der Waals surface area contributed by atoms with Crippen molar-refractivity contribution in [3.05, 3.63) is 0 Å². The van der Waals surface area contributed by atoms with Crippen LogP contribution in [0.15, 0.2) is 0 Å². The molecule has 2 aliphatic rings. The second-order valence-electron chi connectivity index (χ2n) is 6.65. The number of carbonyl (C=O) groups excluding carboxylic acids is 1. The molecule has 19 heavy (non-hydrogen) atoms. The molecule has 2 rings (SSSR count). The number of carbonyl (C=O) groups is 1. The highest BCUT2D eigenvalue weighted by molar-refractivity contribution is 5.85. The molecule has 0 saturated carbocycles. The molecule has 0 spiro atoms. The largest absolute Gasteiger partial charge is 0.379 e. The van der Waals surface area contributed by atoms with E-state index in [-0.39, 0.29) is 24.2 Å². The van der Waals surface area contributed by atoms with E-state index in [0.717, 1.165) is 25.9 Å². The second-order valence-corrected chi connectivity index (χ2v) is 6.65. The van der Waals surface area contributed by atoms with Crippen molar-refractivity contribution in [2.24, 2.45) is 11.8 Å². The summed E-state index contributed by atoms with van der Waals surface area (Å²) >= 11 is 0. The lowest BCUT2D eigenvalue weighted by atomic mass is 10.0. The molecule has 4 nitrogen and oxygen atoms in total. The zero-order valence-corrected chi connectivity index (χ0v) is 12.7. The lowest BCUT2D eigenvalue weighted by Crippen LogP contribution is -2.48. The molecule has 0 aromatic rings. The summed E-state index contributed by atoms with van der Waals surface area (Å²) in [5.74, 6) is 1.20. The zero-order chi connectivity index (χ0) is 14.0. The Morgan fingerprint density at radius 1 is 1.37 bits per heavy atom. The summed E-state index contributed by atoms with van der Waals surface area (Å²) in [5, 5.41) is 3.54. The van der Waals surface area contributed by atoms with Gasteiger partial charge in [-0.2, -0.15) is 0 Å². The number of nitrogens with zero attached hydrogens (tertiary/aromatic N) is 1. The third kappa shape index (κ3) is 3.29. The first-order chi connectivity index (χ1) is 9.00. The van der Waals surface area contributed by atoms with E-state index in [4.69, 9.17) is 4.74 Å². The summed E-state index contributed by atoms with van der Waals surface area (Å²) in [4.78, 5) is 14.7. The maximum atomic E-state index is 12.6. The average Bonchev–Trinajstić information content (AvgIpc) is 2.66. The quantitative estimate of drug-likeness (QED) is 0.848. The monoisotopic (exact) mass is 268 g/mol. The SMILES string of the molecule is CC(C)CC1NC(C(C)C)C(=O)N1C1CCCOC1. The van der Waals surface area contributed by atoms with E-state index in [0.29, 0.717) is 18.4 Å². The van der Waals surface area contributed by atoms with E-state index in [1.807, 2.05) is 0 Å². The molecule has 2 saturated heterocycles. The van der Waals surface area contributed by atoms with Gasteiger partial charge < -0.3 is 9.64 Å². The molecule has 2 heterocycles. The van der Waals surface area contributed by atoms with Crippen LogP contribution in [0.5, 0.6) is 0 Å². The van der Waals surface area contributed by atoms with Crippen molar-refractivity contribution in [2.45, 2.75) is 65.2 Å². The molecule has 3 unspecified atom stereocenters. The summed E-state index contributed by atoms with van der Waals surface area (Å²) in [6, 6.07) is 0.243. The van der Waals surface area contributed by atoms with Crippen LogP contribution < -0.4 is 5.32 Å². The fraction of sp³-hybridized carbons (Fsp3) is 0.933. The molecule has 2 fully saturated rings. The van der Waals surface area contributed by atoms with Crippen LogP contribution in [0.2, 0.25) is 0 Å². The van der Waals surface area contributed by atoms with Gasteiger partial charge in [0.05, 0.1) is 24.9 Å². The molecule has 0 aliphatic carbocycles. The van der Waals surface area contributed by atoms with Crippen molar-refractivity contribution in [2.75, 3.05) is 13.2 Å². The van der Waals surface area contributed by atoms with Gasteiger partial charge in [0.25, 0.3) is 0 Å². The van der Waals surface area contributed by atoms with Crippen LogP contribution >= 0.6 is 0 Å². The van der Waals surface area contributed by atoms with Gasteiger partial charge in [-0.1, -0.05) is 27.7 Å². The topological polar surface area (TPSA) is 41.6 Å². The van der Waals surface area contributed by atoms with Crippen molar-refractivity contribution >= 4 is 5.91 Å². The number of ether oxygens (including phenoxy) is 1. The minimum absolute atomic E-state index is 0.0225. The number of amides is 1. The Labute approximate surface area is 116 Å². The van der Waals surface area contributed by atoms with Gasteiger partial charge in [0.15, 0.2) is 0 Å². The highest BCUT2D eigenvalue weighted by Gasteiger charge is 2.43. The van der Waals surface area contributed by atoms with Crippen LogP contribution in [0.25, 0.3) is 0 Å². The van der Waals surface area contributed by atoms with E-state index in [1.54, 1.807) is 0 Å². The van der Waals surface area contributed by atoms with Gasteiger partial charge in [-0.05, 0) is 31.1 Å². The normalized spacial score (nSPS) is 32.6. The van der Waals surface area contributed by atoms with Crippen LogP contribution in [-0.2, 0) is 9.53 Å². The van der Waals surface area contributed by atoms with Crippen molar-refractivity contribution in [3.63, 3.8) is 0 Å². The Morgan fingerprint density at radius 2 is 2.11 bits per heavy atom. The molecule has 1 amide bonds. The Bertz CT molecular complexity index is 311. The summed E-state index contributed by atoms with van der Waals surface area (Å²) in [5.41, 5.74) is 0. The van der Waals surface area contributed by atoms with Crippen LogP contribution in [0, 0.1) is 11.8 Å². The van der Waals surface area contributed by atoms with E-state index < -0.39 is 0 Å². The van der Waals surface area contributed by atoms with Crippen LogP contribution in [0.1, 0.15) is 47.0 Å². The smallest absolute Gasteiger partial charge is 0.241 e. The predicted molar refractivity (Wildman–Crippen MR) is 75.7 cm³/mol. The minimum Gasteiger partial charge on any atom is -0.379 e.